The molecule has 3 aliphatic heterocycles. The van der Waals surface area contributed by atoms with Gasteiger partial charge in [0.2, 0.25) is 5.91 Å². The molecule has 1 aromatic rings. The van der Waals surface area contributed by atoms with Crippen molar-refractivity contribution >= 4 is 23.5 Å². The number of carbonyl (C=O) groups excluding carboxylic acids is 3. The average Bonchev–Trinajstić information content (AvgIpc) is 3.54. The summed E-state index contributed by atoms with van der Waals surface area (Å²) in [4.78, 5) is 45.8. The summed E-state index contributed by atoms with van der Waals surface area (Å²) in [5.74, 6) is -2.34. The number of fused-ring (bicyclic) bond motifs is 1. The number of hydrogen-bond acceptors (Lipinski definition) is 7. The van der Waals surface area contributed by atoms with Crippen LogP contribution < -0.4 is 9.64 Å². The van der Waals surface area contributed by atoms with Gasteiger partial charge in [-0.15, -0.1) is 13.2 Å². The molecule has 1 spiro atoms. The lowest BCUT2D eigenvalue weighted by Gasteiger charge is -2.41. The van der Waals surface area contributed by atoms with Crippen LogP contribution in [0.5, 0.6) is 5.75 Å². The number of hydrogen-bond donors (Lipinski definition) is 1. The zero-order valence-corrected chi connectivity index (χ0v) is 24.7. The van der Waals surface area contributed by atoms with Gasteiger partial charge in [0, 0.05) is 12.2 Å². The molecule has 9 heteroatoms. The largest absolute Gasteiger partial charge is 0.497 e. The first-order valence-corrected chi connectivity index (χ1v) is 14.6. The molecule has 1 N–H and O–H groups in total. The van der Waals surface area contributed by atoms with Crippen LogP contribution in [0.2, 0.25) is 0 Å². The zero-order chi connectivity index (χ0) is 29.9. The van der Waals surface area contributed by atoms with E-state index in [1.807, 2.05) is 20.8 Å². The minimum atomic E-state index is -1.22. The highest BCUT2D eigenvalue weighted by Crippen LogP contribution is 2.64. The summed E-state index contributed by atoms with van der Waals surface area (Å²) in [6.45, 7) is 13.4. The predicted molar refractivity (Wildman–Crippen MR) is 155 cm³/mol. The van der Waals surface area contributed by atoms with Gasteiger partial charge in [-0.05, 0) is 62.8 Å². The van der Waals surface area contributed by atoms with Crippen LogP contribution in [0.15, 0.2) is 49.6 Å². The fraction of sp³-hybridized carbons (Fsp3) is 0.594. The fourth-order valence-corrected chi connectivity index (χ4v) is 7.02. The summed E-state index contributed by atoms with van der Waals surface area (Å²) in [6.07, 6.45) is 6.38. The van der Waals surface area contributed by atoms with E-state index in [1.165, 1.54) is 4.90 Å². The lowest BCUT2D eigenvalue weighted by Crippen LogP contribution is -2.60. The summed E-state index contributed by atoms with van der Waals surface area (Å²) in [5, 5.41) is 10.6. The molecule has 2 amide bonds. The maximum absolute atomic E-state index is 14.7. The number of ether oxygens (including phenoxy) is 3. The molecule has 9 nitrogen and oxygen atoms in total. The number of carbonyl (C=O) groups is 3. The highest BCUT2D eigenvalue weighted by molar-refractivity contribution is 6.05. The molecule has 4 rings (SSSR count). The Balaban J connectivity index is 1.79. The number of unbranched alkanes of at least 4 members (excludes halogenated alkanes) is 1. The Hall–Kier alpha value is -3.17. The molecule has 2 unspecified atom stereocenters. The van der Waals surface area contributed by atoms with Gasteiger partial charge in [-0.25, -0.2) is 0 Å². The van der Waals surface area contributed by atoms with E-state index in [9.17, 15) is 19.5 Å². The van der Waals surface area contributed by atoms with Crippen LogP contribution in [-0.2, 0) is 23.9 Å². The van der Waals surface area contributed by atoms with Gasteiger partial charge in [0.25, 0.3) is 5.91 Å². The Bertz CT molecular complexity index is 1150. The molecular formula is C32H44N2O7. The molecule has 0 saturated carbocycles. The third-order valence-corrected chi connectivity index (χ3v) is 9.31. The van der Waals surface area contributed by atoms with Gasteiger partial charge >= 0.3 is 5.97 Å². The van der Waals surface area contributed by atoms with E-state index in [0.717, 1.165) is 0 Å². The number of nitrogens with zero attached hydrogens (tertiary/aromatic N) is 2. The summed E-state index contributed by atoms with van der Waals surface area (Å²) < 4.78 is 17.7. The molecule has 224 valence electrons. The first kappa shape index (κ1) is 30.8. The van der Waals surface area contributed by atoms with E-state index in [2.05, 4.69) is 13.2 Å². The van der Waals surface area contributed by atoms with E-state index in [-0.39, 0.29) is 37.5 Å². The molecule has 7 atom stereocenters. The van der Waals surface area contributed by atoms with Crippen molar-refractivity contribution in [1.29, 1.82) is 0 Å². The maximum Gasteiger partial charge on any atom is 0.312 e. The van der Waals surface area contributed by atoms with Gasteiger partial charge in [-0.1, -0.05) is 32.4 Å². The van der Waals surface area contributed by atoms with Gasteiger partial charge < -0.3 is 29.1 Å². The first-order valence-electron chi connectivity index (χ1n) is 14.6. The van der Waals surface area contributed by atoms with Gasteiger partial charge in [0.1, 0.15) is 23.3 Å². The summed E-state index contributed by atoms with van der Waals surface area (Å²) in [7, 11) is 1.57. The quantitative estimate of drug-likeness (QED) is 0.206. The van der Waals surface area contributed by atoms with Crippen LogP contribution in [0.3, 0.4) is 0 Å². The maximum atomic E-state index is 14.7. The third-order valence-electron chi connectivity index (χ3n) is 9.31. The monoisotopic (exact) mass is 568 g/mol. The Morgan fingerprint density at radius 2 is 1.95 bits per heavy atom. The van der Waals surface area contributed by atoms with Crippen molar-refractivity contribution in [2.24, 2.45) is 17.8 Å². The molecule has 3 aliphatic rings. The van der Waals surface area contributed by atoms with Gasteiger partial charge in [-0.2, -0.15) is 0 Å². The SMILES string of the molecule is C=CCCCOC(=O)[C@@H]1[C@H]2C(=O)N([C@@H](CO)[C@@H](C)CC)C(C(=O)N(CC=C)c3ccc(OC)cc3)C23CC[C@@]1(C)O3. The van der Waals surface area contributed by atoms with E-state index in [1.54, 1.807) is 48.4 Å². The summed E-state index contributed by atoms with van der Waals surface area (Å²) in [6, 6.07) is 5.45. The van der Waals surface area contributed by atoms with Crippen LogP contribution in [-0.4, -0.2) is 77.9 Å². The molecule has 3 fully saturated rings. The van der Waals surface area contributed by atoms with Gasteiger partial charge in [-0.3, -0.25) is 14.4 Å². The molecular weight excluding hydrogens is 524 g/mol. The smallest absolute Gasteiger partial charge is 0.312 e. The van der Waals surface area contributed by atoms with Crippen LogP contribution in [0.4, 0.5) is 5.69 Å². The van der Waals surface area contributed by atoms with Crippen LogP contribution in [0.25, 0.3) is 0 Å². The van der Waals surface area contributed by atoms with Crippen LogP contribution >= 0.6 is 0 Å². The lowest BCUT2D eigenvalue weighted by molar-refractivity contribution is -0.161. The number of rotatable bonds is 14. The topological polar surface area (TPSA) is 106 Å². The van der Waals surface area contributed by atoms with Crippen molar-refractivity contribution in [3.63, 3.8) is 0 Å². The number of benzene rings is 1. The summed E-state index contributed by atoms with van der Waals surface area (Å²) in [5.41, 5.74) is -1.54. The van der Waals surface area contributed by atoms with Crippen LogP contribution in [0, 0.1) is 17.8 Å². The molecule has 1 aromatic carbocycles. The Morgan fingerprint density at radius 1 is 1.24 bits per heavy atom. The molecule has 0 radical (unpaired) electrons. The second kappa shape index (κ2) is 12.4. The first-order chi connectivity index (χ1) is 19.6. The van der Waals surface area contributed by atoms with E-state index < -0.39 is 41.1 Å². The Morgan fingerprint density at radius 3 is 2.54 bits per heavy atom. The minimum absolute atomic E-state index is 0.0968. The second-order valence-electron chi connectivity index (χ2n) is 11.6. The highest BCUT2D eigenvalue weighted by atomic mass is 16.6. The summed E-state index contributed by atoms with van der Waals surface area (Å²) >= 11 is 0. The molecule has 41 heavy (non-hydrogen) atoms. The molecule has 0 aliphatic carbocycles. The number of aliphatic hydroxyl groups is 1. The standard InChI is InChI=1S/C32H44N2O7/c1-7-10-11-19-40-30(38)26-25-28(36)34(24(20-35)21(4)9-3)27(32(25)17-16-31(26,5)41-32)29(37)33(18-8-2)22-12-14-23(39-6)15-13-22/h7-8,12-15,21,24-27,35H,1-2,9-11,16-20H2,3-6H3/t21-,24-,25-,26-,27?,31+,32?/m0/s1. The predicted octanol–water partition coefficient (Wildman–Crippen LogP) is 3.90. The second-order valence-corrected chi connectivity index (χ2v) is 11.6. The molecule has 2 bridgehead atoms. The normalized spacial score (nSPS) is 29.5. The lowest BCUT2D eigenvalue weighted by atomic mass is 9.66. The minimum Gasteiger partial charge on any atom is -0.497 e. The number of aliphatic hydroxyl groups excluding tert-OH is 1. The van der Waals surface area contributed by atoms with Crippen molar-refractivity contribution < 1.29 is 33.7 Å². The van der Waals surface area contributed by atoms with Crippen LogP contribution in [0.1, 0.15) is 52.9 Å². The van der Waals surface area contributed by atoms with Gasteiger partial charge in [0.05, 0.1) is 37.9 Å². The van der Waals surface area contributed by atoms with Gasteiger partial charge in [0.15, 0.2) is 0 Å². The highest BCUT2D eigenvalue weighted by Gasteiger charge is 2.79. The molecule has 3 heterocycles. The van der Waals surface area contributed by atoms with E-state index in [0.29, 0.717) is 43.5 Å². The van der Waals surface area contributed by atoms with E-state index >= 15 is 0 Å². The van der Waals surface area contributed by atoms with Crippen molar-refractivity contribution in [3.8, 4) is 5.75 Å². The zero-order valence-electron chi connectivity index (χ0n) is 24.7. The number of likely N-dealkylation sites (tertiary alicyclic amines) is 1. The number of esters is 1. The van der Waals surface area contributed by atoms with E-state index in [4.69, 9.17) is 14.2 Å². The Labute approximate surface area is 243 Å². The molecule has 3 saturated heterocycles. The Kier molecular flexibility index (Phi) is 9.29. The number of anilines is 1. The van der Waals surface area contributed by atoms with Crippen molar-refractivity contribution in [3.05, 3.63) is 49.6 Å². The van der Waals surface area contributed by atoms with Crippen molar-refractivity contribution in [1.82, 2.24) is 4.90 Å². The molecule has 0 aromatic heterocycles. The van der Waals surface area contributed by atoms with Crippen molar-refractivity contribution in [2.75, 3.05) is 31.8 Å². The number of allylic oxidation sites excluding steroid dienone is 1. The van der Waals surface area contributed by atoms with Crippen molar-refractivity contribution in [2.45, 2.75) is 76.2 Å². The average molecular weight is 569 g/mol. The fourth-order valence-electron chi connectivity index (χ4n) is 7.02. The third kappa shape index (κ3) is 5.18. The number of methoxy groups -OCH3 is 1. The number of amides is 2.